The summed E-state index contributed by atoms with van der Waals surface area (Å²) < 4.78 is 12.9. The summed E-state index contributed by atoms with van der Waals surface area (Å²) in [5, 5.41) is 8.74. The molecule has 96 valence electrons. The van der Waals surface area contributed by atoms with Gasteiger partial charge in [-0.05, 0) is 36.8 Å². The van der Waals surface area contributed by atoms with Crippen LogP contribution in [0.25, 0.3) is 0 Å². The Labute approximate surface area is 111 Å². The molecule has 19 heavy (non-hydrogen) atoms. The molecular weight excluding hydrogens is 241 g/mol. The van der Waals surface area contributed by atoms with Gasteiger partial charge in [0.25, 0.3) is 0 Å². The molecule has 0 fully saturated rings. The summed E-state index contributed by atoms with van der Waals surface area (Å²) in [6.07, 6.45) is 1.54. The number of nitriles is 1. The molecule has 0 saturated heterocycles. The first-order valence-electron chi connectivity index (χ1n) is 5.96. The standard InChI is InChI=1S/C15H14FN3/c1-11(13-4-6-14(16)7-5-13)19(2)15-8-3-12(9-17)10-18-15/h3-8,10-11H,1-2H3. The molecule has 0 radical (unpaired) electrons. The van der Waals surface area contributed by atoms with E-state index in [4.69, 9.17) is 5.26 Å². The minimum Gasteiger partial charge on any atom is -0.353 e. The number of rotatable bonds is 3. The predicted octanol–water partition coefficient (Wildman–Crippen LogP) is 3.29. The fourth-order valence-electron chi connectivity index (χ4n) is 1.82. The van der Waals surface area contributed by atoms with Gasteiger partial charge in [-0.3, -0.25) is 0 Å². The maximum absolute atomic E-state index is 12.9. The molecule has 0 aliphatic carbocycles. The van der Waals surface area contributed by atoms with Crippen LogP contribution in [0.2, 0.25) is 0 Å². The van der Waals surface area contributed by atoms with E-state index < -0.39 is 0 Å². The molecule has 1 unspecified atom stereocenters. The van der Waals surface area contributed by atoms with Gasteiger partial charge in [0.05, 0.1) is 11.6 Å². The number of benzene rings is 1. The summed E-state index contributed by atoms with van der Waals surface area (Å²) in [5.74, 6) is 0.533. The van der Waals surface area contributed by atoms with Crippen LogP contribution in [0.5, 0.6) is 0 Å². The largest absolute Gasteiger partial charge is 0.353 e. The number of hydrogen-bond acceptors (Lipinski definition) is 3. The molecular formula is C15H14FN3. The molecule has 0 aliphatic heterocycles. The SMILES string of the molecule is CC(c1ccc(F)cc1)N(C)c1ccc(C#N)cn1. The lowest BCUT2D eigenvalue weighted by Gasteiger charge is -2.26. The van der Waals surface area contributed by atoms with Gasteiger partial charge in [-0.2, -0.15) is 5.26 Å². The van der Waals surface area contributed by atoms with Gasteiger partial charge < -0.3 is 4.90 Å². The van der Waals surface area contributed by atoms with E-state index in [9.17, 15) is 4.39 Å². The molecule has 1 aromatic heterocycles. The maximum Gasteiger partial charge on any atom is 0.128 e. The molecule has 1 atom stereocenters. The zero-order valence-electron chi connectivity index (χ0n) is 10.8. The molecule has 4 heteroatoms. The van der Waals surface area contributed by atoms with Crippen molar-refractivity contribution in [2.45, 2.75) is 13.0 Å². The predicted molar refractivity (Wildman–Crippen MR) is 72.2 cm³/mol. The molecule has 0 amide bonds. The van der Waals surface area contributed by atoms with Crippen LogP contribution in [0.1, 0.15) is 24.1 Å². The molecule has 0 aliphatic rings. The smallest absolute Gasteiger partial charge is 0.128 e. The number of anilines is 1. The molecule has 1 aromatic carbocycles. The van der Waals surface area contributed by atoms with Crippen molar-refractivity contribution in [1.82, 2.24) is 4.98 Å². The highest BCUT2D eigenvalue weighted by atomic mass is 19.1. The van der Waals surface area contributed by atoms with Gasteiger partial charge in [0.2, 0.25) is 0 Å². The van der Waals surface area contributed by atoms with Crippen LogP contribution in [0, 0.1) is 17.1 Å². The van der Waals surface area contributed by atoms with Crippen LogP contribution in [-0.4, -0.2) is 12.0 Å². The van der Waals surface area contributed by atoms with Crippen LogP contribution < -0.4 is 4.90 Å². The van der Waals surface area contributed by atoms with Gasteiger partial charge in [-0.15, -0.1) is 0 Å². The third kappa shape index (κ3) is 2.89. The Kier molecular flexibility index (Phi) is 3.76. The first-order chi connectivity index (χ1) is 9.11. The minimum atomic E-state index is -0.241. The highest BCUT2D eigenvalue weighted by Crippen LogP contribution is 2.23. The van der Waals surface area contributed by atoms with Crippen LogP contribution >= 0.6 is 0 Å². The van der Waals surface area contributed by atoms with Crippen molar-refractivity contribution in [3.8, 4) is 6.07 Å². The molecule has 0 spiro atoms. The van der Waals surface area contributed by atoms with Crippen LogP contribution in [0.4, 0.5) is 10.2 Å². The van der Waals surface area contributed by atoms with E-state index in [1.165, 1.54) is 12.1 Å². The molecule has 2 rings (SSSR count). The van der Waals surface area contributed by atoms with Crippen molar-refractivity contribution in [3.05, 3.63) is 59.5 Å². The van der Waals surface area contributed by atoms with Crippen LogP contribution in [0.15, 0.2) is 42.6 Å². The topological polar surface area (TPSA) is 39.9 Å². The van der Waals surface area contributed by atoms with Crippen molar-refractivity contribution < 1.29 is 4.39 Å². The number of pyridine rings is 1. The summed E-state index contributed by atoms with van der Waals surface area (Å²) in [6, 6.07) is 12.1. The van der Waals surface area contributed by atoms with Gasteiger partial charge in [0.1, 0.15) is 17.7 Å². The molecule has 0 saturated carbocycles. The van der Waals surface area contributed by atoms with Gasteiger partial charge >= 0.3 is 0 Å². The number of nitrogens with zero attached hydrogens (tertiary/aromatic N) is 3. The monoisotopic (exact) mass is 255 g/mol. The Morgan fingerprint density at radius 3 is 2.42 bits per heavy atom. The quantitative estimate of drug-likeness (QED) is 0.845. The Morgan fingerprint density at radius 2 is 1.89 bits per heavy atom. The van der Waals surface area contributed by atoms with E-state index >= 15 is 0 Å². The van der Waals surface area contributed by atoms with Crippen molar-refractivity contribution in [2.24, 2.45) is 0 Å². The average molecular weight is 255 g/mol. The molecule has 0 N–H and O–H groups in total. The normalized spacial score (nSPS) is 11.7. The Bertz CT molecular complexity index is 584. The molecule has 2 aromatic rings. The van der Waals surface area contributed by atoms with Crippen molar-refractivity contribution in [1.29, 1.82) is 5.26 Å². The summed E-state index contributed by atoms with van der Waals surface area (Å²) in [7, 11) is 1.92. The lowest BCUT2D eigenvalue weighted by atomic mass is 10.1. The van der Waals surface area contributed by atoms with Gasteiger partial charge in [-0.25, -0.2) is 9.37 Å². The number of aromatic nitrogens is 1. The first-order valence-corrected chi connectivity index (χ1v) is 5.96. The van der Waals surface area contributed by atoms with E-state index in [0.29, 0.717) is 5.56 Å². The Morgan fingerprint density at radius 1 is 1.21 bits per heavy atom. The second-order valence-electron chi connectivity index (χ2n) is 4.36. The van der Waals surface area contributed by atoms with Crippen molar-refractivity contribution in [2.75, 3.05) is 11.9 Å². The summed E-state index contributed by atoms with van der Waals surface area (Å²) in [4.78, 5) is 6.22. The van der Waals surface area contributed by atoms with Crippen molar-refractivity contribution in [3.63, 3.8) is 0 Å². The lowest BCUT2D eigenvalue weighted by Crippen LogP contribution is -2.22. The second kappa shape index (κ2) is 5.49. The maximum atomic E-state index is 12.9. The van der Waals surface area contributed by atoms with E-state index in [1.807, 2.05) is 24.9 Å². The molecule has 3 nitrogen and oxygen atoms in total. The van der Waals surface area contributed by atoms with Gasteiger partial charge in [0.15, 0.2) is 0 Å². The summed E-state index contributed by atoms with van der Waals surface area (Å²) in [6.45, 7) is 2.02. The van der Waals surface area contributed by atoms with Crippen LogP contribution in [-0.2, 0) is 0 Å². The Balaban J connectivity index is 2.20. The van der Waals surface area contributed by atoms with Crippen molar-refractivity contribution >= 4 is 5.82 Å². The zero-order chi connectivity index (χ0) is 13.8. The van der Waals surface area contributed by atoms with Crippen LogP contribution in [0.3, 0.4) is 0 Å². The first kappa shape index (κ1) is 13.0. The Hall–Kier alpha value is -2.41. The summed E-state index contributed by atoms with van der Waals surface area (Å²) in [5.41, 5.74) is 1.54. The third-order valence-electron chi connectivity index (χ3n) is 3.17. The van der Waals surface area contributed by atoms with E-state index in [-0.39, 0.29) is 11.9 Å². The zero-order valence-corrected chi connectivity index (χ0v) is 10.8. The summed E-state index contributed by atoms with van der Waals surface area (Å²) >= 11 is 0. The molecule has 0 bridgehead atoms. The fraction of sp³-hybridized carbons (Fsp3) is 0.200. The van der Waals surface area contributed by atoms with Gasteiger partial charge in [-0.1, -0.05) is 12.1 Å². The highest BCUT2D eigenvalue weighted by Gasteiger charge is 2.13. The number of hydrogen-bond donors (Lipinski definition) is 0. The van der Waals surface area contributed by atoms with E-state index in [0.717, 1.165) is 11.4 Å². The lowest BCUT2D eigenvalue weighted by molar-refractivity contribution is 0.625. The highest BCUT2D eigenvalue weighted by molar-refractivity contribution is 5.43. The molecule has 1 heterocycles. The number of halogens is 1. The van der Waals surface area contributed by atoms with E-state index in [2.05, 4.69) is 4.98 Å². The van der Waals surface area contributed by atoms with Gasteiger partial charge in [0, 0.05) is 13.2 Å². The second-order valence-corrected chi connectivity index (χ2v) is 4.36. The minimum absolute atomic E-state index is 0.0704. The third-order valence-corrected chi connectivity index (χ3v) is 3.17. The fourth-order valence-corrected chi connectivity index (χ4v) is 1.82. The van der Waals surface area contributed by atoms with E-state index in [1.54, 1.807) is 30.5 Å². The average Bonchev–Trinajstić information content (AvgIpc) is 2.46.